The van der Waals surface area contributed by atoms with E-state index in [1.54, 1.807) is 6.92 Å². The van der Waals surface area contributed by atoms with Gasteiger partial charge in [0, 0.05) is 5.56 Å². The molecule has 0 saturated heterocycles. The minimum atomic E-state index is -0.771. The van der Waals surface area contributed by atoms with Crippen molar-refractivity contribution < 1.29 is 9.32 Å². The van der Waals surface area contributed by atoms with Crippen molar-refractivity contribution in [3.63, 3.8) is 0 Å². The number of benzene rings is 1. The van der Waals surface area contributed by atoms with Gasteiger partial charge in [-0.25, -0.2) is 0 Å². The fourth-order valence-corrected chi connectivity index (χ4v) is 1.42. The van der Waals surface area contributed by atoms with Gasteiger partial charge in [-0.1, -0.05) is 35.5 Å². The Bertz CT molecular complexity index is 489. The zero-order valence-electron chi connectivity index (χ0n) is 8.15. The Morgan fingerprint density at radius 2 is 2.00 bits per heavy atom. The predicted molar refractivity (Wildman–Crippen MR) is 54.1 cm³/mol. The first-order chi connectivity index (χ1) is 7.20. The van der Waals surface area contributed by atoms with Crippen LogP contribution < -0.4 is 5.73 Å². The molecule has 1 amide bonds. The lowest BCUT2D eigenvalue weighted by atomic mass is 10.1. The van der Waals surface area contributed by atoms with Crippen molar-refractivity contribution in [1.82, 2.24) is 10.9 Å². The Balaban J connectivity index is 2.59. The maximum absolute atomic E-state index is 11.1. The Morgan fingerprint density at radius 1 is 1.33 bits per heavy atom. The van der Waals surface area contributed by atoms with E-state index in [-0.39, 0.29) is 5.56 Å². The van der Waals surface area contributed by atoms with Gasteiger partial charge in [0.25, 0.3) is 5.91 Å². The molecule has 2 rings (SSSR count). The van der Waals surface area contributed by atoms with Crippen molar-refractivity contribution in [3.05, 3.63) is 41.6 Å². The molecule has 4 nitrogen and oxygen atoms in total. The smallest absolute Gasteiger partial charge is 0.275 e. The Hall–Kier alpha value is -2.10. The maximum Gasteiger partial charge on any atom is 0.275 e. The molecule has 0 aliphatic carbocycles. The quantitative estimate of drug-likeness (QED) is 0.746. The molecule has 0 fully saturated rings. The maximum atomic E-state index is 11.1. The average molecular weight is 201 g/mol. The summed E-state index contributed by atoms with van der Waals surface area (Å²) in [5.41, 5.74) is 8.58. The van der Waals surface area contributed by atoms with E-state index in [9.17, 15) is 4.79 Å². The lowest BCUT2D eigenvalue weighted by Crippen LogP contribution is -2.01. The van der Waals surface area contributed by atoms with Crippen LogP contribution in [0, 0.1) is 6.92 Å². The number of carbonyl (C=O) groups excluding carboxylic acids is 1. The normalized spacial score (nSPS) is 10.2. The monoisotopic (exact) mass is 201 g/mol. The molecular formula is C11H9N2O2. The number of rotatable bonds is 2. The second-order valence-corrected chi connectivity index (χ2v) is 3.17. The van der Waals surface area contributed by atoms with Crippen LogP contribution in [0.1, 0.15) is 16.1 Å². The first kappa shape index (κ1) is 9.45. The highest BCUT2D eigenvalue weighted by Gasteiger charge is 2.19. The zero-order valence-corrected chi connectivity index (χ0v) is 8.15. The van der Waals surface area contributed by atoms with Crippen molar-refractivity contribution in [3.8, 4) is 11.3 Å². The Morgan fingerprint density at radius 3 is 2.60 bits per heavy atom. The lowest BCUT2D eigenvalue weighted by Gasteiger charge is -1.96. The van der Waals surface area contributed by atoms with Gasteiger partial charge in [-0.2, -0.15) is 0 Å². The van der Waals surface area contributed by atoms with Crippen molar-refractivity contribution in [1.29, 1.82) is 0 Å². The van der Waals surface area contributed by atoms with Crippen LogP contribution in [-0.4, -0.2) is 11.1 Å². The molecule has 2 aromatic rings. The largest absolute Gasteiger partial charge is 0.355 e. The Labute approximate surface area is 86.7 Å². The summed E-state index contributed by atoms with van der Waals surface area (Å²) in [4.78, 5) is 11.1. The first-order valence-electron chi connectivity index (χ1n) is 4.48. The van der Waals surface area contributed by atoms with E-state index in [2.05, 4.69) is 5.16 Å². The molecule has 1 radical (unpaired) electrons. The molecule has 0 spiro atoms. The summed E-state index contributed by atoms with van der Waals surface area (Å²) < 4.78 is 5.05. The molecule has 1 N–H and O–H groups in total. The molecule has 15 heavy (non-hydrogen) atoms. The van der Waals surface area contributed by atoms with Gasteiger partial charge in [0.2, 0.25) is 0 Å². The van der Waals surface area contributed by atoms with Gasteiger partial charge >= 0.3 is 0 Å². The van der Waals surface area contributed by atoms with Crippen LogP contribution in [0.25, 0.3) is 11.3 Å². The zero-order chi connectivity index (χ0) is 10.8. The number of nitrogens with one attached hydrogen (secondary N) is 1. The summed E-state index contributed by atoms with van der Waals surface area (Å²) in [7, 11) is 0. The number of amides is 1. The van der Waals surface area contributed by atoms with Gasteiger partial charge in [-0.05, 0) is 6.92 Å². The molecule has 0 aliphatic rings. The predicted octanol–water partition coefficient (Wildman–Crippen LogP) is 2.07. The second kappa shape index (κ2) is 3.57. The van der Waals surface area contributed by atoms with Gasteiger partial charge in [0.1, 0.15) is 5.56 Å². The Kier molecular flexibility index (Phi) is 2.25. The minimum Gasteiger partial charge on any atom is -0.355 e. The molecule has 4 heteroatoms. The summed E-state index contributed by atoms with van der Waals surface area (Å²) in [5.74, 6) is -0.402. The summed E-state index contributed by atoms with van der Waals surface area (Å²) >= 11 is 0. The van der Waals surface area contributed by atoms with Gasteiger partial charge < -0.3 is 4.52 Å². The molecule has 75 valence electrons. The number of aryl methyl sites for hydroxylation is 1. The van der Waals surface area contributed by atoms with Crippen molar-refractivity contribution in [2.45, 2.75) is 6.92 Å². The van der Waals surface area contributed by atoms with Crippen molar-refractivity contribution in [2.24, 2.45) is 0 Å². The summed E-state index contributed by atoms with van der Waals surface area (Å²) in [6.45, 7) is 1.65. The van der Waals surface area contributed by atoms with Gasteiger partial charge in [0.05, 0.1) is 5.69 Å². The van der Waals surface area contributed by atoms with Crippen LogP contribution in [0.2, 0.25) is 0 Å². The van der Waals surface area contributed by atoms with Gasteiger partial charge in [0.15, 0.2) is 5.76 Å². The van der Waals surface area contributed by atoms with E-state index in [0.29, 0.717) is 11.5 Å². The lowest BCUT2D eigenvalue weighted by molar-refractivity contribution is 0.0992. The summed E-state index contributed by atoms with van der Waals surface area (Å²) in [6.07, 6.45) is 0. The number of aromatic nitrogens is 1. The first-order valence-corrected chi connectivity index (χ1v) is 4.48. The summed E-state index contributed by atoms with van der Waals surface area (Å²) in [5, 5.41) is 3.70. The number of nitrogens with zero attached hydrogens (tertiary/aromatic N) is 1. The van der Waals surface area contributed by atoms with Gasteiger partial charge in [-0.3, -0.25) is 10.5 Å². The van der Waals surface area contributed by atoms with Crippen LogP contribution in [0.3, 0.4) is 0 Å². The molecule has 0 bridgehead atoms. The second-order valence-electron chi connectivity index (χ2n) is 3.17. The fourth-order valence-electron chi connectivity index (χ4n) is 1.42. The molecule has 0 atom stereocenters. The molecule has 1 heterocycles. The standard InChI is InChI=1S/C11H9N2O2/c1-7-9(11(12)14)10(15-13-7)8-5-3-2-4-6-8/h2-6,12H,1H3. The molecule has 1 aromatic carbocycles. The third kappa shape index (κ3) is 1.61. The molecule has 0 saturated carbocycles. The summed E-state index contributed by atoms with van der Waals surface area (Å²) in [6, 6.07) is 9.17. The van der Waals surface area contributed by atoms with Crippen molar-refractivity contribution >= 4 is 5.91 Å². The van der Waals surface area contributed by atoms with Crippen LogP contribution in [0.5, 0.6) is 0 Å². The van der Waals surface area contributed by atoms with Crippen LogP contribution in [0.15, 0.2) is 34.9 Å². The third-order valence-electron chi connectivity index (χ3n) is 2.13. The van der Waals surface area contributed by atoms with Crippen LogP contribution in [0.4, 0.5) is 0 Å². The highest BCUT2D eigenvalue weighted by atomic mass is 16.5. The van der Waals surface area contributed by atoms with E-state index in [1.165, 1.54) is 0 Å². The SMILES string of the molecule is Cc1noc(-c2ccccc2)c1C([NH])=O. The molecular weight excluding hydrogens is 192 g/mol. The van der Waals surface area contributed by atoms with Crippen molar-refractivity contribution in [2.75, 3.05) is 0 Å². The molecule has 1 aromatic heterocycles. The fraction of sp³-hybridized carbons (Fsp3) is 0.0909. The third-order valence-corrected chi connectivity index (χ3v) is 2.13. The number of hydrogen-bond donors (Lipinski definition) is 0. The van der Waals surface area contributed by atoms with E-state index in [1.807, 2.05) is 30.3 Å². The molecule has 0 aliphatic heterocycles. The van der Waals surface area contributed by atoms with E-state index in [4.69, 9.17) is 10.3 Å². The van der Waals surface area contributed by atoms with Crippen LogP contribution in [-0.2, 0) is 0 Å². The van der Waals surface area contributed by atoms with E-state index >= 15 is 0 Å². The topological polar surface area (TPSA) is 66.9 Å². The van der Waals surface area contributed by atoms with E-state index < -0.39 is 5.91 Å². The van der Waals surface area contributed by atoms with E-state index in [0.717, 1.165) is 5.56 Å². The highest BCUT2D eigenvalue weighted by Crippen LogP contribution is 2.25. The van der Waals surface area contributed by atoms with Gasteiger partial charge in [-0.15, -0.1) is 0 Å². The molecule has 0 unspecified atom stereocenters. The number of carbonyl (C=O) groups is 1. The highest BCUT2D eigenvalue weighted by molar-refractivity contribution is 5.98. The number of hydrogen-bond acceptors (Lipinski definition) is 3. The average Bonchev–Trinajstić information content (AvgIpc) is 2.61. The van der Waals surface area contributed by atoms with Crippen LogP contribution >= 0.6 is 0 Å². The minimum absolute atomic E-state index is 0.237.